The van der Waals surface area contributed by atoms with Crippen LogP contribution in [0.15, 0.2) is 22.7 Å². The van der Waals surface area contributed by atoms with E-state index in [-0.39, 0.29) is 11.5 Å². The number of halogens is 1. The van der Waals surface area contributed by atoms with Crippen molar-refractivity contribution in [3.05, 3.63) is 28.2 Å². The summed E-state index contributed by atoms with van der Waals surface area (Å²) in [5, 5.41) is 11.5. The Bertz CT molecular complexity index is 463. The van der Waals surface area contributed by atoms with E-state index in [0.717, 1.165) is 6.42 Å². The van der Waals surface area contributed by atoms with Crippen molar-refractivity contribution in [2.45, 2.75) is 25.8 Å². The molecule has 4 N–H and O–H groups in total. The minimum atomic E-state index is -1.05. The fraction of sp³-hybridized carbons (Fsp3) is 0.333. The SMILES string of the molecule is CCC[C@@H](N)C(=O)Nc1cc(C(=O)O)ccc1Br. The fourth-order valence-corrected chi connectivity index (χ4v) is 1.77. The average molecular weight is 315 g/mol. The summed E-state index contributed by atoms with van der Waals surface area (Å²) in [4.78, 5) is 22.6. The summed E-state index contributed by atoms with van der Waals surface area (Å²) in [7, 11) is 0. The third-order valence-electron chi connectivity index (χ3n) is 2.41. The lowest BCUT2D eigenvalue weighted by molar-refractivity contribution is -0.117. The number of hydrogen-bond donors (Lipinski definition) is 3. The molecule has 1 amide bonds. The van der Waals surface area contributed by atoms with Crippen molar-refractivity contribution in [1.82, 2.24) is 0 Å². The van der Waals surface area contributed by atoms with Crippen LogP contribution in [0, 0.1) is 0 Å². The van der Waals surface area contributed by atoms with Crippen molar-refractivity contribution in [1.29, 1.82) is 0 Å². The second-order valence-corrected chi connectivity index (χ2v) is 4.74. The van der Waals surface area contributed by atoms with Gasteiger partial charge in [-0.3, -0.25) is 4.79 Å². The molecule has 0 saturated carbocycles. The highest BCUT2D eigenvalue weighted by molar-refractivity contribution is 9.10. The number of carbonyl (C=O) groups excluding carboxylic acids is 1. The molecule has 0 unspecified atom stereocenters. The first kappa shape index (κ1) is 14.7. The van der Waals surface area contributed by atoms with E-state index >= 15 is 0 Å². The van der Waals surface area contributed by atoms with E-state index in [0.29, 0.717) is 16.6 Å². The molecule has 1 aromatic rings. The third-order valence-corrected chi connectivity index (χ3v) is 3.10. The first-order valence-electron chi connectivity index (χ1n) is 5.55. The van der Waals surface area contributed by atoms with E-state index in [1.165, 1.54) is 12.1 Å². The second kappa shape index (κ2) is 6.51. The van der Waals surface area contributed by atoms with Crippen molar-refractivity contribution < 1.29 is 14.7 Å². The van der Waals surface area contributed by atoms with Gasteiger partial charge in [-0.2, -0.15) is 0 Å². The Balaban J connectivity index is 2.86. The van der Waals surface area contributed by atoms with E-state index < -0.39 is 12.0 Å². The van der Waals surface area contributed by atoms with Crippen LogP contribution in [0.2, 0.25) is 0 Å². The minimum Gasteiger partial charge on any atom is -0.478 e. The van der Waals surface area contributed by atoms with Gasteiger partial charge in [-0.15, -0.1) is 0 Å². The van der Waals surface area contributed by atoms with Crippen LogP contribution in [-0.2, 0) is 4.79 Å². The van der Waals surface area contributed by atoms with Crippen LogP contribution >= 0.6 is 15.9 Å². The molecule has 0 aromatic heterocycles. The van der Waals surface area contributed by atoms with Crippen LogP contribution in [0.5, 0.6) is 0 Å². The molecular formula is C12H15BrN2O3. The number of carbonyl (C=O) groups is 2. The maximum absolute atomic E-state index is 11.7. The topological polar surface area (TPSA) is 92.4 Å². The predicted octanol–water partition coefficient (Wildman–Crippen LogP) is 2.21. The van der Waals surface area contributed by atoms with E-state index in [2.05, 4.69) is 21.2 Å². The molecule has 0 radical (unpaired) electrons. The van der Waals surface area contributed by atoms with Gasteiger partial charge in [0.2, 0.25) is 5.91 Å². The van der Waals surface area contributed by atoms with Crippen molar-refractivity contribution in [3.8, 4) is 0 Å². The van der Waals surface area contributed by atoms with Gasteiger partial charge in [0.05, 0.1) is 17.3 Å². The normalized spacial score (nSPS) is 11.9. The Labute approximate surface area is 113 Å². The van der Waals surface area contributed by atoms with Crippen LogP contribution in [-0.4, -0.2) is 23.0 Å². The van der Waals surface area contributed by atoms with E-state index in [1.54, 1.807) is 6.07 Å². The van der Waals surface area contributed by atoms with Crippen molar-refractivity contribution in [2.24, 2.45) is 5.73 Å². The maximum atomic E-state index is 11.7. The highest BCUT2D eigenvalue weighted by Gasteiger charge is 2.15. The first-order chi connectivity index (χ1) is 8.45. The fourth-order valence-electron chi connectivity index (χ4n) is 1.42. The molecule has 1 aromatic carbocycles. The molecule has 0 spiro atoms. The molecule has 0 bridgehead atoms. The monoisotopic (exact) mass is 314 g/mol. The van der Waals surface area contributed by atoms with Gasteiger partial charge in [0, 0.05) is 4.47 Å². The number of rotatable bonds is 5. The number of aromatic carboxylic acids is 1. The van der Waals surface area contributed by atoms with Crippen molar-refractivity contribution >= 4 is 33.5 Å². The smallest absolute Gasteiger partial charge is 0.335 e. The number of benzene rings is 1. The standard InChI is InChI=1S/C12H15BrN2O3/c1-2-3-9(14)11(16)15-10-6-7(12(17)18)4-5-8(10)13/h4-6,9H,2-3,14H2,1H3,(H,15,16)(H,17,18)/t9-/m1/s1. The van der Waals surface area contributed by atoms with Gasteiger partial charge >= 0.3 is 5.97 Å². The van der Waals surface area contributed by atoms with Gasteiger partial charge in [-0.05, 0) is 40.5 Å². The average Bonchev–Trinajstić information content (AvgIpc) is 2.31. The Morgan fingerprint density at radius 3 is 2.72 bits per heavy atom. The molecule has 6 heteroatoms. The molecule has 1 atom stereocenters. The zero-order chi connectivity index (χ0) is 13.7. The first-order valence-corrected chi connectivity index (χ1v) is 6.34. The lowest BCUT2D eigenvalue weighted by atomic mass is 10.1. The van der Waals surface area contributed by atoms with Gasteiger partial charge in [-0.1, -0.05) is 13.3 Å². The number of amides is 1. The Hall–Kier alpha value is -1.40. The van der Waals surface area contributed by atoms with Crippen LogP contribution < -0.4 is 11.1 Å². The van der Waals surface area contributed by atoms with Crippen LogP contribution in [0.1, 0.15) is 30.1 Å². The van der Waals surface area contributed by atoms with E-state index in [4.69, 9.17) is 10.8 Å². The Morgan fingerprint density at radius 1 is 1.50 bits per heavy atom. The molecule has 0 heterocycles. The zero-order valence-corrected chi connectivity index (χ0v) is 11.5. The van der Waals surface area contributed by atoms with Crippen molar-refractivity contribution in [3.63, 3.8) is 0 Å². The number of nitrogens with two attached hydrogens (primary N) is 1. The number of anilines is 1. The molecular weight excluding hydrogens is 300 g/mol. The van der Waals surface area contributed by atoms with E-state index in [1.807, 2.05) is 6.92 Å². The quantitative estimate of drug-likeness (QED) is 0.777. The highest BCUT2D eigenvalue weighted by atomic mass is 79.9. The molecule has 0 saturated heterocycles. The summed E-state index contributed by atoms with van der Waals surface area (Å²) in [5.41, 5.74) is 6.20. The summed E-state index contributed by atoms with van der Waals surface area (Å²) in [6.07, 6.45) is 1.40. The number of carboxylic acids is 1. The van der Waals surface area contributed by atoms with Crippen LogP contribution in [0.4, 0.5) is 5.69 Å². The maximum Gasteiger partial charge on any atom is 0.335 e. The zero-order valence-electron chi connectivity index (χ0n) is 9.94. The molecule has 18 heavy (non-hydrogen) atoms. The predicted molar refractivity (Wildman–Crippen MR) is 72.6 cm³/mol. The molecule has 5 nitrogen and oxygen atoms in total. The molecule has 0 aliphatic rings. The molecule has 98 valence electrons. The highest BCUT2D eigenvalue weighted by Crippen LogP contribution is 2.24. The minimum absolute atomic E-state index is 0.109. The van der Waals surface area contributed by atoms with Gasteiger partial charge in [0.25, 0.3) is 0 Å². The molecule has 0 fully saturated rings. The lowest BCUT2D eigenvalue weighted by Gasteiger charge is -2.12. The molecule has 1 rings (SSSR count). The number of carboxylic acid groups (broad SMARTS) is 1. The number of nitrogens with one attached hydrogen (secondary N) is 1. The number of hydrogen-bond acceptors (Lipinski definition) is 3. The molecule has 0 aliphatic carbocycles. The molecule has 0 aliphatic heterocycles. The van der Waals surface area contributed by atoms with Gasteiger partial charge in [0.15, 0.2) is 0 Å². The van der Waals surface area contributed by atoms with Gasteiger partial charge < -0.3 is 16.2 Å². The summed E-state index contributed by atoms with van der Waals surface area (Å²) in [6.45, 7) is 1.94. The van der Waals surface area contributed by atoms with Crippen molar-refractivity contribution in [2.75, 3.05) is 5.32 Å². The summed E-state index contributed by atoms with van der Waals surface area (Å²) in [5.74, 6) is -1.36. The lowest BCUT2D eigenvalue weighted by Crippen LogP contribution is -2.35. The summed E-state index contributed by atoms with van der Waals surface area (Å²) in [6, 6.07) is 3.83. The van der Waals surface area contributed by atoms with Crippen LogP contribution in [0.25, 0.3) is 0 Å². The Morgan fingerprint density at radius 2 is 2.17 bits per heavy atom. The summed E-state index contributed by atoms with van der Waals surface area (Å²) >= 11 is 3.25. The van der Waals surface area contributed by atoms with Gasteiger partial charge in [0.1, 0.15) is 0 Å². The third kappa shape index (κ3) is 3.82. The second-order valence-electron chi connectivity index (χ2n) is 3.88. The Kier molecular flexibility index (Phi) is 5.30. The van der Waals surface area contributed by atoms with E-state index in [9.17, 15) is 9.59 Å². The largest absolute Gasteiger partial charge is 0.478 e. The van der Waals surface area contributed by atoms with Crippen LogP contribution in [0.3, 0.4) is 0 Å². The van der Waals surface area contributed by atoms with Gasteiger partial charge in [-0.25, -0.2) is 4.79 Å². The summed E-state index contributed by atoms with van der Waals surface area (Å²) < 4.78 is 0.615.